The Hall–Kier alpha value is -1.32. The van der Waals surface area contributed by atoms with Crippen molar-refractivity contribution in [3.05, 3.63) is 11.6 Å². The second kappa shape index (κ2) is 5.35. The van der Waals surface area contributed by atoms with E-state index in [2.05, 4.69) is 15.5 Å². The van der Waals surface area contributed by atoms with Crippen molar-refractivity contribution in [2.45, 2.75) is 13.8 Å². The van der Waals surface area contributed by atoms with Crippen LogP contribution < -0.4 is 5.32 Å². The van der Waals surface area contributed by atoms with Crippen molar-refractivity contribution in [1.29, 1.82) is 0 Å². The van der Waals surface area contributed by atoms with Gasteiger partial charge in [0.25, 0.3) is 0 Å². The van der Waals surface area contributed by atoms with Gasteiger partial charge in [-0.2, -0.15) is 0 Å². The van der Waals surface area contributed by atoms with Crippen LogP contribution in [-0.4, -0.2) is 31.7 Å². The number of aliphatic imine (C=N–C) groups is 1. The number of hydrogen-bond acceptors (Lipinski definition) is 4. The minimum absolute atomic E-state index is 0.537. The summed E-state index contributed by atoms with van der Waals surface area (Å²) >= 11 is 0. The number of hydrogen-bond donors (Lipinski definition) is 1. The van der Waals surface area contributed by atoms with Crippen LogP contribution in [0.3, 0.4) is 0 Å². The first-order valence-corrected chi connectivity index (χ1v) is 4.32. The molecular formula is C9H15N3O. The first kappa shape index (κ1) is 9.77. The summed E-state index contributed by atoms with van der Waals surface area (Å²) in [6, 6.07) is 0. The minimum Gasteiger partial charge on any atom is -0.392 e. The van der Waals surface area contributed by atoms with E-state index < -0.39 is 0 Å². The average molecular weight is 181 g/mol. The van der Waals surface area contributed by atoms with Crippen molar-refractivity contribution in [2.24, 2.45) is 10.1 Å². The van der Waals surface area contributed by atoms with E-state index in [1.54, 1.807) is 6.34 Å². The summed E-state index contributed by atoms with van der Waals surface area (Å²) in [5, 5.41) is 6.92. The van der Waals surface area contributed by atoms with Crippen LogP contribution in [0.2, 0.25) is 0 Å². The van der Waals surface area contributed by atoms with Crippen molar-refractivity contribution >= 4 is 12.1 Å². The van der Waals surface area contributed by atoms with Gasteiger partial charge in [-0.05, 0) is 19.9 Å². The van der Waals surface area contributed by atoms with Gasteiger partial charge < -0.3 is 10.2 Å². The molecule has 1 heterocycles. The molecule has 4 heteroatoms. The lowest BCUT2D eigenvalue weighted by Gasteiger charge is -2.07. The maximum atomic E-state index is 5.08. The van der Waals surface area contributed by atoms with Gasteiger partial charge in [0.2, 0.25) is 0 Å². The molecule has 0 radical (unpaired) electrons. The first-order valence-electron chi connectivity index (χ1n) is 4.32. The van der Waals surface area contributed by atoms with Crippen LogP contribution >= 0.6 is 0 Å². The van der Waals surface area contributed by atoms with Crippen LogP contribution in [0.15, 0.2) is 21.8 Å². The maximum absolute atomic E-state index is 5.08. The molecule has 0 amide bonds. The van der Waals surface area contributed by atoms with Crippen molar-refractivity contribution in [2.75, 3.05) is 19.7 Å². The lowest BCUT2D eigenvalue weighted by molar-refractivity contribution is 0.173. The molecule has 0 unspecified atom stereocenters. The zero-order valence-electron chi connectivity index (χ0n) is 8.08. The molecule has 1 aliphatic heterocycles. The van der Waals surface area contributed by atoms with Gasteiger partial charge in [0.15, 0.2) is 0 Å². The van der Waals surface area contributed by atoms with E-state index in [-0.39, 0.29) is 0 Å². The van der Waals surface area contributed by atoms with Gasteiger partial charge in [-0.15, -0.1) is 0 Å². The summed E-state index contributed by atoms with van der Waals surface area (Å²) in [5.41, 5.74) is 2.17. The van der Waals surface area contributed by atoms with E-state index in [1.807, 2.05) is 19.9 Å². The molecular weight excluding hydrogens is 166 g/mol. The van der Waals surface area contributed by atoms with Crippen molar-refractivity contribution in [1.82, 2.24) is 5.32 Å². The van der Waals surface area contributed by atoms with Crippen LogP contribution in [0.4, 0.5) is 0 Å². The molecule has 1 N–H and O–H groups in total. The molecule has 0 atom stereocenters. The van der Waals surface area contributed by atoms with Crippen molar-refractivity contribution < 1.29 is 4.84 Å². The quantitative estimate of drug-likeness (QED) is 0.400. The Morgan fingerprint density at radius 3 is 3.23 bits per heavy atom. The highest BCUT2D eigenvalue weighted by Crippen LogP contribution is 1.90. The Kier molecular flexibility index (Phi) is 4.02. The molecule has 0 aromatic carbocycles. The van der Waals surface area contributed by atoms with Crippen LogP contribution in [0, 0.1) is 0 Å². The molecule has 0 bridgehead atoms. The van der Waals surface area contributed by atoms with E-state index in [0.29, 0.717) is 13.2 Å². The summed E-state index contributed by atoms with van der Waals surface area (Å²) in [7, 11) is 0. The minimum atomic E-state index is 0.537. The Bertz CT molecular complexity index is 239. The lowest BCUT2D eigenvalue weighted by atomic mass is 10.3. The molecule has 72 valence electrons. The highest BCUT2D eigenvalue weighted by Gasteiger charge is 2.00. The van der Waals surface area contributed by atoms with Crippen molar-refractivity contribution in [3.63, 3.8) is 0 Å². The zero-order chi connectivity index (χ0) is 9.52. The van der Waals surface area contributed by atoms with Gasteiger partial charge in [0, 0.05) is 0 Å². The van der Waals surface area contributed by atoms with E-state index in [0.717, 1.165) is 12.3 Å². The molecule has 0 aliphatic carbocycles. The van der Waals surface area contributed by atoms with Crippen LogP contribution in [0.25, 0.3) is 0 Å². The van der Waals surface area contributed by atoms with E-state index in [1.165, 1.54) is 5.57 Å². The molecule has 4 nitrogen and oxygen atoms in total. The number of rotatable bonds is 3. The first-order chi connectivity index (χ1) is 6.29. The Balaban J connectivity index is 2.23. The topological polar surface area (TPSA) is 46.0 Å². The SMILES string of the molecule is CC(C)=CCO/N=C1\CN=CNC1. The second-order valence-corrected chi connectivity index (χ2v) is 3.09. The number of nitrogens with one attached hydrogen (secondary N) is 1. The fourth-order valence-corrected chi connectivity index (χ4v) is 0.829. The maximum Gasteiger partial charge on any atom is 0.135 e. The standard InChI is InChI=1S/C9H15N3O/c1-8(2)3-4-13-12-9-5-10-7-11-6-9/h3,7H,4-6H2,1-2H3,(H,10,11). The predicted molar refractivity (Wildman–Crippen MR) is 54.2 cm³/mol. The summed E-state index contributed by atoms with van der Waals surface area (Å²) in [6.45, 7) is 5.97. The van der Waals surface area contributed by atoms with Crippen LogP contribution in [0.1, 0.15) is 13.8 Å². The lowest BCUT2D eigenvalue weighted by Crippen LogP contribution is -2.28. The molecule has 0 aromatic rings. The van der Waals surface area contributed by atoms with Crippen LogP contribution in [0.5, 0.6) is 0 Å². The van der Waals surface area contributed by atoms with Crippen LogP contribution in [-0.2, 0) is 4.84 Å². The smallest absolute Gasteiger partial charge is 0.135 e. The third-order valence-electron chi connectivity index (χ3n) is 1.52. The fraction of sp³-hybridized carbons (Fsp3) is 0.556. The summed E-state index contributed by atoms with van der Waals surface area (Å²) < 4.78 is 0. The third kappa shape index (κ3) is 4.30. The van der Waals surface area contributed by atoms with Gasteiger partial charge in [-0.1, -0.05) is 10.7 Å². The van der Waals surface area contributed by atoms with E-state index in [4.69, 9.17) is 4.84 Å². The van der Waals surface area contributed by atoms with E-state index in [9.17, 15) is 0 Å². The highest BCUT2D eigenvalue weighted by atomic mass is 16.6. The Labute approximate surface area is 78.4 Å². The molecule has 0 saturated heterocycles. The largest absolute Gasteiger partial charge is 0.392 e. The summed E-state index contributed by atoms with van der Waals surface area (Å²) in [4.78, 5) is 9.09. The van der Waals surface area contributed by atoms with Crippen molar-refractivity contribution in [3.8, 4) is 0 Å². The normalized spacial score (nSPS) is 18.2. The summed E-state index contributed by atoms with van der Waals surface area (Å²) in [5.74, 6) is 0. The highest BCUT2D eigenvalue weighted by molar-refractivity contribution is 5.92. The number of nitrogens with zero attached hydrogens (tertiary/aromatic N) is 2. The second-order valence-electron chi connectivity index (χ2n) is 3.09. The number of allylic oxidation sites excluding steroid dienone is 1. The monoisotopic (exact) mass is 181 g/mol. The van der Waals surface area contributed by atoms with Gasteiger partial charge in [-0.3, -0.25) is 4.99 Å². The third-order valence-corrected chi connectivity index (χ3v) is 1.52. The average Bonchev–Trinajstić information content (AvgIpc) is 2.14. The Morgan fingerprint density at radius 1 is 1.77 bits per heavy atom. The molecule has 1 rings (SSSR count). The fourth-order valence-electron chi connectivity index (χ4n) is 0.829. The molecule has 0 aromatic heterocycles. The number of oxime groups is 1. The van der Waals surface area contributed by atoms with Gasteiger partial charge in [0.05, 0.1) is 25.1 Å². The molecule has 0 saturated carbocycles. The molecule has 0 spiro atoms. The van der Waals surface area contributed by atoms with E-state index >= 15 is 0 Å². The molecule has 13 heavy (non-hydrogen) atoms. The predicted octanol–water partition coefficient (Wildman–Crippen LogP) is 0.957. The Morgan fingerprint density at radius 2 is 2.62 bits per heavy atom. The summed E-state index contributed by atoms with van der Waals surface area (Å²) in [6.07, 6.45) is 3.68. The van der Waals surface area contributed by atoms with Gasteiger partial charge >= 0.3 is 0 Å². The van der Waals surface area contributed by atoms with Gasteiger partial charge in [0.1, 0.15) is 6.61 Å². The molecule has 1 aliphatic rings. The zero-order valence-corrected chi connectivity index (χ0v) is 8.08. The van der Waals surface area contributed by atoms with Gasteiger partial charge in [-0.25, -0.2) is 0 Å². The molecule has 0 fully saturated rings.